The van der Waals surface area contributed by atoms with Crippen molar-refractivity contribution in [3.05, 3.63) is 41.0 Å². The molecule has 1 aromatic rings. The maximum absolute atomic E-state index is 12.9. The standard InChI is InChI=1S/C23H26N2O6/c26-20-5-4-14(23(30)24-20)12-15-13-18-17(22(15)29)2-1-3-19(18)31-16-6-9-25(10-7-16)11-8-21(27)28/h1-3,12,14,16H,4-11,13H2,(H,27,28)(H,24,26,30)/b15-12-. The lowest BCUT2D eigenvalue weighted by Gasteiger charge is -2.32. The molecule has 2 saturated heterocycles. The van der Waals surface area contributed by atoms with Crippen molar-refractivity contribution in [1.82, 2.24) is 10.2 Å². The van der Waals surface area contributed by atoms with Crippen LogP contribution < -0.4 is 10.1 Å². The number of hydrogen-bond acceptors (Lipinski definition) is 6. The Morgan fingerprint density at radius 2 is 1.97 bits per heavy atom. The van der Waals surface area contributed by atoms with E-state index in [2.05, 4.69) is 10.2 Å². The zero-order valence-electron chi connectivity index (χ0n) is 17.3. The van der Waals surface area contributed by atoms with Crippen molar-refractivity contribution in [1.29, 1.82) is 0 Å². The third kappa shape index (κ3) is 4.85. The minimum absolute atomic E-state index is 0.0193. The maximum atomic E-state index is 12.9. The number of carbonyl (C=O) groups is 4. The number of likely N-dealkylation sites (tertiary alicyclic amines) is 1. The molecule has 0 spiro atoms. The highest BCUT2D eigenvalue weighted by molar-refractivity contribution is 6.14. The van der Waals surface area contributed by atoms with Gasteiger partial charge in [0.25, 0.3) is 0 Å². The Hall–Kier alpha value is -3.00. The Bertz CT molecular complexity index is 945. The summed E-state index contributed by atoms with van der Waals surface area (Å²) in [5, 5.41) is 11.2. The van der Waals surface area contributed by atoms with Gasteiger partial charge in [-0.15, -0.1) is 0 Å². The molecule has 1 aromatic carbocycles. The van der Waals surface area contributed by atoms with E-state index in [1.807, 2.05) is 12.1 Å². The van der Waals surface area contributed by atoms with Crippen LogP contribution in [0.1, 0.15) is 48.0 Å². The van der Waals surface area contributed by atoms with Crippen LogP contribution in [0.3, 0.4) is 0 Å². The molecule has 3 aliphatic rings. The number of allylic oxidation sites excluding steroid dienone is 1. The molecule has 2 aliphatic heterocycles. The van der Waals surface area contributed by atoms with Crippen LogP contribution >= 0.6 is 0 Å². The smallest absolute Gasteiger partial charge is 0.304 e. The molecular formula is C23H26N2O6. The molecule has 0 radical (unpaired) electrons. The number of fused-ring (bicyclic) bond motifs is 1. The number of carboxylic acids is 1. The summed E-state index contributed by atoms with van der Waals surface area (Å²) in [5.74, 6) is -1.27. The lowest BCUT2D eigenvalue weighted by Crippen LogP contribution is -2.40. The van der Waals surface area contributed by atoms with Crippen LogP contribution in [-0.2, 0) is 20.8 Å². The highest BCUT2D eigenvalue weighted by Crippen LogP contribution is 2.35. The number of carboxylic acid groups (broad SMARTS) is 1. The molecule has 2 fully saturated rings. The Morgan fingerprint density at radius 1 is 1.19 bits per heavy atom. The van der Waals surface area contributed by atoms with Gasteiger partial charge in [-0.1, -0.05) is 18.2 Å². The number of benzene rings is 1. The zero-order chi connectivity index (χ0) is 22.0. The minimum Gasteiger partial charge on any atom is -0.490 e. The highest BCUT2D eigenvalue weighted by Gasteiger charge is 2.32. The van der Waals surface area contributed by atoms with Crippen LogP contribution in [0.5, 0.6) is 5.75 Å². The van der Waals surface area contributed by atoms with Crippen molar-refractivity contribution >= 4 is 23.6 Å². The summed E-state index contributed by atoms with van der Waals surface area (Å²) in [5.41, 5.74) is 2.03. The fourth-order valence-corrected chi connectivity index (χ4v) is 4.45. The second kappa shape index (κ2) is 9.01. The molecule has 4 rings (SSSR count). The fraction of sp³-hybridized carbons (Fsp3) is 0.478. The van der Waals surface area contributed by atoms with Crippen LogP contribution in [0.4, 0.5) is 0 Å². The van der Waals surface area contributed by atoms with Gasteiger partial charge in [0, 0.05) is 49.2 Å². The number of nitrogens with one attached hydrogen (secondary N) is 1. The quantitative estimate of drug-likeness (QED) is 0.526. The number of ketones is 1. The van der Waals surface area contributed by atoms with Crippen molar-refractivity contribution in [3.8, 4) is 5.75 Å². The molecule has 8 nitrogen and oxygen atoms in total. The third-order valence-electron chi connectivity index (χ3n) is 6.19. The van der Waals surface area contributed by atoms with Gasteiger partial charge in [0.15, 0.2) is 5.78 Å². The van der Waals surface area contributed by atoms with Crippen LogP contribution in [0.2, 0.25) is 0 Å². The van der Waals surface area contributed by atoms with E-state index in [0.29, 0.717) is 36.3 Å². The second-order valence-corrected chi connectivity index (χ2v) is 8.34. The van der Waals surface area contributed by atoms with E-state index in [4.69, 9.17) is 9.84 Å². The minimum atomic E-state index is -0.788. The number of aliphatic carboxylic acids is 1. The monoisotopic (exact) mass is 426 g/mol. The number of rotatable bonds is 6. The number of carbonyl (C=O) groups excluding carboxylic acids is 3. The third-order valence-corrected chi connectivity index (χ3v) is 6.19. The number of imide groups is 1. The molecule has 1 atom stereocenters. The lowest BCUT2D eigenvalue weighted by molar-refractivity contribution is -0.138. The molecule has 164 valence electrons. The zero-order valence-corrected chi connectivity index (χ0v) is 17.3. The molecular weight excluding hydrogens is 400 g/mol. The summed E-state index contributed by atoms with van der Waals surface area (Å²) in [7, 11) is 0. The van der Waals surface area contributed by atoms with E-state index in [9.17, 15) is 19.2 Å². The first kappa shape index (κ1) is 21.2. The molecule has 0 bridgehead atoms. The van der Waals surface area contributed by atoms with Crippen molar-refractivity contribution in [3.63, 3.8) is 0 Å². The lowest BCUT2D eigenvalue weighted by atomic mass is 9.94. The molecule has 2 N–H and O–H groups in total. The number of nitrogens with zero attached hydrogens (tertiary/aromatic N) is 1. The first-order chi connectivity index (χ1) is 14.9. The van der Waals surface area contributed by atoms with Crippen molar-refractivity contribution in [2.75, 3.05) is 19.6 Å². The Balaban J connectivity index is 1.41. The van der Waals surface area contributed by atoms with E-state index < -0.39 is 11.9 Å². The van der Waals surface area contributed by atoms with E-state index in [1.165, 1.54) is 0 Å². The molecule has 1 aliphatic carbocycles. The van der Waals surface area contributed by atoms with E-state index in [-0.39, 0.29) is 36.5 Å². The first-order valence-electron chi connectivity index (χ1n) is 10.7. The van der Waals surface area contributed by atoms with E-state index >= 15 is 0 Å². The van der Waals surface area contributed by atoms with Gasteiger partial charge in [-0.25, -0.2) is 0 Å². The second-order valence-electron chi connectivity index (χ2n) is 8.34. The fourth-order valence-electron chi connectivity index (χ4n) is 4.45. The molecule has 0 saturated carbocycles. The average Bonchev–Trinajstić information content (AvgIpc) is 3.06. The van der Waals surface area contributed by atoms with E-state index in [0.717, 1.165) is 31.5 Å². The number of piperidine rings is 2. The summed E-state index contributed by atoms with van der Waals surface area (Å²) in [6.45, 7) is 2.12. The van der Waals surface area contributed by atoms with Gasteiger partial charge in [-0.2, -0.15) is 0 Å². The summed E-state index contributed by atoms with van der Waals surface area (Å²) in [4.78, 5) is 49.2. The van der Waals surface area contributed by atoms with E-state index in [1.54, 1.807) is 12.1 Å². The maximum Gasteiger partial charge on any atom is 0.304 e. The molecule has 31 heavy (non-hydrogen) atoms. The Morgan fingerprint density at radius 3 is 2.68 bits per heavy atom. The predicted octanol–water partition coefficient (Wildman–Crippen LogP) is 1.72. The van der Waals surface area contributed by atoms with Gasteiger partial charge in [-0.05, 0) is 25.3 Å². The van der Waals surface area contributed by atoms with Gasteiger partial charge in [0.05, 0.1) is 12.3 Å². The van der Waals surface area contributed by atoms with Crippen LogP contribution in [0.25, 0.3) is 0 Å². The van der Waals surface area contributed by atoms with Crippen LogP contribution in [-0.4, -0.2) is 59.3 Å². The topological polar surface area (TPSA) is 113 Å². The molecule has 8 heteroatoms. The SMILES string of the molecule is O=C(O)CCN1CCC(Oc2cccc3c2C/C(=C/C2CCC(=O)NC2=O)C3=O)CC1. The Labute approximate surface area is 180 Å². The largest absolute Gasteiger partial charge is 0.490 e. The number of Topliss-reactive ketones (excluding diaryl/α,β-unsaturated/α-hetero) is 1. The van der Waals surface area contributed by atoms with Crippen molar-refractivity contribution in [2.24, 2.45) is 5.92 Å². The molecule has 0 aromatic heterocycles. The normalized spacial score (nSPS) is 23.7. The molecule has 2 heterocycles. The number of amides is 2. The van der Waals surface area contributed by atoms with Crippen molar-refractivity contribution < 1.29 is 29.0 Å². The molecule has 1 unspecified atom stereocenters. The molecule has 2 amide bonds. The Kier molecular flexibility index (Phi) is 6.18. The van der Waals surface area contributed by atoms with Gasteiger partial charge in [0.2, 0.25) is 11.8 Å². The average molecular weight is 426 g/mol. The summed E-state index contributed by atoms with van der Waals surface area (Å²) in [6, 6.07) is 5.46. The summed E-state index contributed by atoms with van der Waals surface area (Å²) < 4.78 is 6.25. The highest BCUT2D eigenvalue weighted by atomic mass is 16.5. The van der Waals surface area contributed by atoms with Crippen LogP contribution in [0.15, 0.2) is 29.8 Å². The number of hydrogen-bond donors (Lipinski definition) is 2. The van der Waals surface area contributed by atoms with Gasteiger partial charge < -0.3 is 14.7 Å². The van der Waals surface area contributed by atoms with Gasteiger partial charge in [0.1, 0.15) is 11.9 Å². The first-order valence-corrected chi connectivity index (χ1v) is 10.7. The van der Waals surface area contributed by atoms with Crippen molar-refractivity contribution in [2.45, 2.75) is 44.6 Å². The van der Waals surface area contributed by atoms with Gasteiger partial charge >= 0.3 is 5.97 Å². The summed E-state index contributed by atoms with van der Waals surface area (Å²) in [6.07, 6.45) is 4.58. The summed E-state index contributed by atoms with van der Waals surface area (Å²) >= 11 is 0. The number of ether oxygens (including phenoxy) is 1. The van der Waals surface area contributed by atoms with Gasteiger partial charge in [-0.3, -0.25) is 24.5 Å². The van der Waals surface area contributed by atoms with Crippen LogP contribution in [0, 0.1) is 5.92 Å². The predicted molar refractivity (Wildman–Crippen MR) is 111 cm³/mol.